The molecule has 0 bridgehead atoms. The number of halogens is 2. The van der Waals surface area contributed by atoms with Crippen molar-refractivity contribution < 1.29 is 57.4 Å². The van der Waals surface area contributed by atoms with Gasteiger partial charge in [-0.2, -0.15) is 0 Å². The summed E-state index contributed by atoms with van der Waals surface area (Å²) in [5.41, 5.74) is 1.27. The maximum Gasteiger partial charge on any atom is 0.323 e. The Hall–Kier alpha value is -7.08. The van der Waals surface area contributed by atoms with Crippen molar-refractivity contribution in [2.24, 2.45) is 17.8 Å². The van der Waals surface area contributed by atoms with Gasteiger partial charge in [0.1, 0.15) is 17.8 Å². The highest BCUT2D eigenvalue weighted by Crippen LogP contribution is 2.38. The Balaban J connectivity index is 0.000000328. The predicted molar refractivity (Wildman–Crippen MR) is 260 cm³/mol. The molecule has 17 nitrogen and oxygen atoms in total. The number of ether oxygens (including phenoxy) is 2. The lowest BCUT2D eigenvalue weighted by atomic mass is 9.82. The maximum absolute atomic E-state index is 13.6. The summed E-state index contributed by atoms with van der Waals surface area (Å²) in [5, 5.41) is 13.3. The number of carbonyl (C=O) groups is 10. The first kappa shape index (κ1) is 54.5. The Morgan fingerprint density at radius 3 is 1.13 bits per heavy atom. The fourth-order valence-corrected chi connectivity index (χ4v) is 7.85. The van der Waals surface area contributed by atoms with E-state index in [4.69, 9.17) is 32.7 Å². The van der Waals surface area contributed by atoms with Crippen molar-refractivity contribution in [2.45, 2.75) is 54.0 Å². The molecule has 0 aromatic heterocycles. The van der Waals surface area contributed by atoms with E-state index in [9.17, 15) is 47.9 Å². The van der Waals surface area contributed by atoms with E-state index >= 15 is 0 Å². The van der Waals surface area contributed by atoms with Crippen molar-refractivity contribution in [3.8, 4) is 0 Å². The second-order valence-corrected chi connectivity index (χ2v) is 16.8. The second kappa shape index (κ2) is 24.3. The van der Waals surface area contributed by atoms with Crippen LogP contribution in [-0.2, 0) is 38.2 Å². The van der Waals surface area contributed by atoms with Crippen LogP contribution in [0.25, 0.3) is 0 Å². The van der Waals surface area contributed by atoms with E-state index in [1.54, 1.807) is 38.1 Å². The van der Waals surface area contributed by atoms with Crippen molar-refractivity contribution >= 4 is 105 Å². The minimum Gasteiger partial charge on any atom is -0.469 e. The number of anilines is 4. The van der Waals surface area contributed by atoms with E-state index in [0.717, 1.165) is 0 Å². The standard InChI is InChI=1S/C31H37N3O8.C18H12Cl2N2O4.CH4/c1-16(2)18(30(39)41-5)11-14-23(35)33-21-12-13-22(34-24(36)15-32-27(17(3)4)31(40)42-6)26-25(21)28(37)19-9-7-8-10-20(19)29(26)38;19-7-13(23)21-11-5-6-12(22-14(24)8-20)16-15(11)17(25)9-3-1-2-4-10(9)18(16)26;/h7-10,12-13,16-18,27,32H,11,14-15H2,1-6H3,(H,33,35)(H,34,36);1-6H,7-8H2,(H,21,23)(H,22,24);1H4/t18-,27+;;/m0../s1. The molecule has 19 heteroatoms. The summed E-state index contributed by atoms with van der Waals surface area (Å²) < 4.78 is 9.64. The topological polar surface area (TPSA) is 249 Å². The number of hydrogen-bond donors (Lipinski definition) is 5. The number of nitrogens with one attached hydrogen (secondary N) is 5. The highest BCUT2D eigenvalue weighted by Gasteiger charge is 2.36. The quantitative estimate of drug-likeness (QED) is 0.0495. The lowest BCUT2D eigenvalue weighted by molar-refractivity contribution is -0.147. The van der Waals surface area contributed by atoms with Crippen molar-refractivity contribution in [1.29, 1.82) is 0 Å². The van der Waals surface area contributed by atoms with Crippen molar-refractivity contribution in [3.05, 3.63) is 117 Å². The highest BCUT2D eigenvalue weighted by atomic mass is 35.5. The van der Waals surface area contributed by atoms with Gasteiger partial charge in [-0.25, -0.2) is 0 Å². The summed E-state index contributed by atoms with van der Waals surface area (Å²) in [4.78, 5) is 127. The first-order valence-corrected chi connectivity index (χ1v) is 22.4. The molecule has 2 aliphatic rings. The normalized spacial score (nSPS) is 12.9. The highest BCUT2D eigenvalue weighted by molar-refractivity contribution is 6.35. The lowest BCUT2D eigenvalue weighted by Gasteiger charge is -2.24. The van der Waals surface area contributed by atoms with Crippen molar-refractivity contribution in [1.82, 2.24) is 5.32 Å². The third-order valence-corrected chi connectivity index (χ3v) is 11.6. The van der Waals surface area contributed by atoms with Crippen molar-refractivity contribution in [2.75, 3.05) is 53.8 Å². The van der Waals surface area contributed by atoms with Gasteiger partial charge in [-0.05, 0) is 42.5 Å². The largest absolute Gasteiger partial charge is 0.469 e. The Morgan fingerprint density at radius 2 is 0.826 bits per heavy atom. The third kappa shape index (κ3) is 12.3. The Kier molecular flexibility index (Phi) is 19.2. The minimum absolute atomic E-state index is 0. The average Bonchev–Trinajstić information content (AvgIpc) is 3.32. The predicted octanol–water partition coefficient (Wildman–Crippen LogP) is 6.80. The smallest absolute Gasteiger partial charge is 0.323 e. The summed E-state index contributed by atoms with van der Waals surface area (Å²) in [6.07, 6.45) is 0.213. The van der Waals surface area contributed by atoms with Gasteiger partial charge in [-0.1, -0.05) is 83.7 Å². The van der Waals surface area contributed by atoms with E-state index in [1.165, 1.54) is 62.8 Å². The van der Waals surface area contributed by atoms with Gasteiger partial charge < -0.3 is 30.7 Å². The molecule has 0 fully saturated rings. The van der Waals surface area contributed by atoms with Gasteiger partial charge in [-0.3, -0.25) is 53.3 Å². The van der Waals surface area contributed by atoms with Gasteiger partial charge in [0.15, 0.2) is 23.1 Å². The number of hydrogen-bond acceptors (Lipinski definition) is 13. The molecule has 364 valence electrons. The molecule has 0 unspecified atom stereocenters. The number of carbonyl (C=O) groups excluding carboxylic acids is 10. The molecule has 0 spiro atoms. The van der Waals surface area contributed by atoms with Crippen LogP contribution < -0.4 is 26.6 Å². The Bertz CT molecular complexity index is 2540. The number of benzene rings is 4. The second-order valence-electron chi connectivity index (χ2n) is 16.2. The van der Waals surface area contributed by atoms with Gasteiger partial charge in [0.2, 0.25) is 23.6 Å². The molecule has 4 amide bonds. The van der Waals surface area contributed by atoms with E-state index < -0.39 is 70.7 Å². The van der Waals surface area contributed by atoms with Gasteiger partial charge in [0, 0.05) is 28.7 Å². The maximum atomic E-state index is 13.6. The van der Waals surface area contributed by atoms with Crippen LogP contribution in [0.4, 0.5) is 22.7 Å². The molecule has 2 atom stereocenters. The SMILES string of the molecule is C.COC(=O)[C@@H](CCC(=O)Nc1ccc(NC(=O)CN[C@@H](C(=O)OC)C(C)C)c2c1C(=O)c1ccccc1C2=O)C(C)C.O=C(CCl)Nc1ccc(NC(=O)CCl)c2c1C(=O)c1ccccc1C2=O. The Morgan fingerprint density at radius 1 is 0.493 bits per heavy atom. The summed E-state index contributed by atoms with van der Waals surface area (Å²) in [6, 6.07) is 17.7. The molecule has 0 saturated carbocycles. The van der Waals surface area contributed by atoms with E-state index in [1.807, 2.05) is 13.8 Å². The van der Waals surface area contributed by atoms with Crippen LogP contribution in [0, 0.1) is 17.8 Å². The third-order valence-electron chi connectivity index (χ3n) is 11.1. The van der Waals surface area contributed by atoms with Gasteiger partial charge >= 0.3 is 11.9 Å². The molecule has 2 aliphatic carbocycles. The number of amides is 4. The molecule has 6 rings (SSSR count). The Labute approximate surface area is 408 Å². The summed E-state index contributed by atoms with van der Waals surface area (Å²) in [5.74, 6) is -6.09. The molecule has 69 heavy (non-hydrogen) atoms. The molecule has 4 aromatic carbocycles. The zero-order valence-corrected chi connectivity index (χ0v) is 39.4. The molecular weight excluding hydrogens is 933 g/mol. The monoisotopic (exact) mass is 985 g/mol. The van der Waals surface area contributed by atoms with Crippen LogP contribution in [0.2, 0.25) is 0 Å². The molecule has 5 N–H and O–H groups in total. The fourth-order valence-electron chi connectivity index (χ4n) is 7.72. The number of ketones is 4. The van der Waals surface area contributed by atoms with Crippen LogP contribution >= 0.6 is 23.2 Å². The average molecular weight is 987 g/mol. The van der Waals surface area contributed by atoms with Crippen LogP contribution in [-0.4, -0.2) is 97.3 Å². The summed E-state index contributed by atoms with van der Waals surface area (Å²) in [7, 11) is 2.55. The number of rotatable bonds is 16. The van der Waals surface area contributed by atoms with Gasteiger partial charge in [0.05, 0.1) is 71.7 Å². The first-order chi connectivity index (χ1) is 32.4. The molecule has 4 aromatic rings. The molecular formula is C50H53Cl2N5O12. The van der Waals surface area contributed by atoms with Gasteiger partial charge in [-0.15, -0.1) is 23.2 Å². The molecule has 0 aliphatic heterocycles. The van der Waals surface area contributed by atoms with Crippen LogP contribution in [0.3, 0.4) is 0 Å². The first-order valence-electron chi connectivity index (χ1n) is 21.3. The number of esters is 2. The summed E-state index contributed by atoms with van der Waals surface area (Å²) in [6.45, 7) is 7.06. The number of fused-ring (bicyclic) bond motifs is 4. The van der Waals surface area contributed by atoms with E-state index in [2.05, 4.69) is 26.6 Å². The van der Waals surface area contributed by atoms with Gasteiger partial charge in [0.25, 0.3) is 0 Å². The van der Waals surface area contributed by atoms with E-state index in [0.29, 0.717) is 0 Å². The lowest BCUT2D eigenvalue weighted by Crippen LogP contribution is -2.45. The van der Waals surface area contributed by atoms with Crippen LogP contribution in [0.1, 0.15) is 112 Å². The fraction of sp³-hybridized carbons (Fsp3) is 0.320. The van der Waals surface area contributed by atoms with Crippen molar-refractivity contribution in [3.63, 3.8) is 0 Å². The molecule has 0 heterocycles. The molecule has 0 radical (unpaired) electrons. The van der Waals surface area contributed by atoms with E-state index in [-0.39, 0.29) is 118 Å². The number of methoxy groups -OCH3 is 2. The van der Waals surface area contributed by atoms with Crippen LogP contribution in [0.5, 0.6) is 0 Å². The van der Waals surface area contributed by atoms with Crippen LogP contribution in [0.15, 0.2) is 72.8 Å². The molecule has 0 saturated heterocycles. The summed E-state index contributed by atoms with van der Waals surface area (Å²) >= 11 is 11.0. The minimum atomic E-state index is -0.725. The zero-order chi connectivity index (χ0) is 50.0. The zero-order valence-electron chi connectivity index (χ0n) is 37.9. The number of alkyl halides is 2.